The normalized spacial score (nSPS) is 21.6. The summed E-state index contributed by atoms with van der Waals surface area (Å²) < 4.78 is 38.7. The molecule has 3 fully saturated rings. The molecular weight excluding hydrogens is 664 g/mol. The summed E-state index contributed by atoms with van der Waals surface area (Å²) in [6, 6.07) is 11.6. The van der Waals surface area contributed by atoms with Crippen LogP contribution in [0.1, 0.15) is 52.0 Å². The van der Waals surface area contributed by atoms with Crippen LogP contribution in [0.15, 0.2) is 42.5 Å². The minimum absolute atomic E-state index is 0.0269. The standard InChI is InChI=1S/C35H36Cl2FN3O7/c1-45-35(46-2)8-10-39(11-9-35)23-12-27(36)31(28(37)13-23)33(42)40-16-20-4-3-5-24(32(20)48-19-40)25-15-30(26(34(43)44)14-29(25)38)41-21-6-7-22(41)18-47-17-21/h3-5,12-15,21-22H,6-11,16-19H2,1-2H3,(H,43,44). The first-order valence-electron chi connectivity index (χ1n) is 15.9. The van der Waals surface area contributed by atoms with E-state index < -0.39 is 23.5 Å². The van der Waals surface area contributed by atoms with Crippen molar-refractivity contribution < 1.29 is 38.0 Å². The Morgan fingerprint density at radius 3 is 2.27 bits per heavy atom. The molecule has 2 atom stereocenters. The van der Waals surface area contributed by atoms with Crippen LogP contribution in [0.5, 0.6) is 5.75 Å². The average molecular weight is 701 g/mol. The first-order valence-corrected chi connectivity index (χ1v) is 16.7. The molecule has 7 rings (SSSR count). The summed E-state index contributed by atoms with van der Waals surface area (Å²) in [7, 11) is 3.28. The van der Waals surface area contributed by atoms with E-state index in [0.717, 1.165) is 24.6 Å². The molecule has 2 unspecified atom stereocenters. The minimum atomic E-state index is -1.19. The van der Waals surface area contributed by atoms with Gasteiger partial charge in [0.05, 0.1) is 58.7 Å². The molecular formula is C35H36Cl2FN3O7. The van der Waals surface area contributed by atoms with Crippen LogP contribution in [-0.2, 0) is 20.8 Å². The summed E-state index contributed by atoms with van der Waals surface area (Å²) in [6.45, 7) is 2.37. The van der Waals surface area contributed by atoms with Gasteiger partial charge in [-0.3, -0.25) is 4.79 Å². The fourth-order valence-electron chi connectivity index (χ4n) is 7.49. The van der Waals surface area contributed by atoms with Crippen molar-refractivity contribution in [1.29, 1.82) is 0 Å². The molecule has 0 spiro atoms. The second-order valence-corrected chi connectivity index (χ2v) is 13.5. The Balaban J connectivity index is 1.14. The molecule has 254 valence electrons. The molecule has 3 aromatic carbocycles. The number of carboxylic acid groups (broad SMARTS) is 1. The first-order chi connectivity index (χ1) is 23.1. The average Bonchev–Trinajstić information content (AvgIpc) is 3.33. The van der Waals surface area contributed by atoms with Gasteiger partial charge in [0, 0.05) is 62.5 Å². The van der Waals surface area contributed by atoms with Crippen molar-refractivity contribution in [3.63, 3.8) is 0 Å². The van der Waals surface area contributed by atoms with Gasteiger partial charge in [0.2, 0.25) is 0 Å². The lowest BCUT2D eigenvalue weighted by Gasteiger charge is -2.40. The zero-order chi connectivity index (χ0) is 33.7. The molecule has 0 saturated carbocycles. The van der Waals surface area contributed by atoms with Gasteiger partial charge in [0.25, 0.3) is 5.91 Å². The highest BCUT2D eigenvalue weighted by atomic mass is 35.5. The van der Waals surface area contributed by atoms with Crippen LogP contribution in [0.3, 0.4) is 0 Å². The smallest absolute Gasteiger partial charge is 0.337 e. The van der Waals surface area contributed by atoms with E-state index in [0.29, 0.717) is 61.7 Å². The number of carbonyl (C=O) groups excluding carboxylic acids is 1. The molecule has 0 radical (unpaired) electrons. The lowest BCUT2D eigenvalue weighted by molar-refractivity contribution is -0.216. The van der Waals surface area contributed by atoms with Crippen LogP contribution in [0.4, 0.5) is 15.8 Å². The third-order valence-electron chi connectivity index (χ3n) is 10.1. The second-order valence-electron chi connectivity index (χ2n) is 12.6. The van der Waals surface area contributed by atoms with Crippen LogP contribution in [0, 0.1) is 5.82 Å². The van der Waals surface area contributed by atoms with E-state index in [1.54, 1.807) is 44.6 Å². The Morgan fingerprint density at radius 1 is 0.979 bits per heavy atom. The number of piperidine rings is 1. The highest BCUT2D eigenvalue weighted by molar-refractivity contribution is 6.40. The molecule has 2 bridgehead atoms. The number of hydrogen-bond donors (Lipinski definition) is 1. The van der Waals surface area contributed by atoms with Gasteiger partial charge in [-0.2, -0.15) is 0 Å². The van der Waals surface area contributed by atoms with Crippen molar-refractivity contribution in [3.8, 4) is 16.9 Å². The van der Waals surface area contributed by atoms with Gasteiger partial charge in [-0.1, -0.05) is 41.4 Å². The monoisotopic (exact) mass is 699 g/mol. The predicted octanol–water partition coefficient (Wildman–Crippen LogP) is 6.45. The van der Waals surface area contributed by atoms with Crippen LogP contribution >= 0.6 is 23.2 Å². The van der Waals surface area contributed by atoms with E-state index in [9.17, 15) is 14.7 Å². The number of halogens is 3. The van der Waals surface area contributed by atoms with Crippen molar-refractivity contribution >= 4 is 46.5 Å². The molecule has 4 heterocycles. The number of nitrogens with zero attached hydrogens (tertiary/aromatic N) is 3. The number of ether oxygens (including phenoxy) is 4. The summed E-state index contributed by atoms with van der Waals surface area (Å²) in [4.78, 5) is 31.7. The lowest BCUT2D eigenvalue weighted by Crippen LogP contribution is -2.46. The molecule has 10 nitrogen and oxygen atoms in total. The third-order valence-corrected chi connectivity index (χ3v) is 10.7. The summed E-state index contributed by atoms with van der Waals surface area (Å²) >= 11 is 13.4. The number of para-hydroxylation sites is 1. The van der Waals surface area contributed by atoms with Crippen molar-refractivity contribution in [3.05, 3.63) is 75.0 Å². The Morgan fingerprint density at radius 2 is 1.65 bits per heavy atom. The number of carbonyl (C=O) groups is 2. The number of methoxy groups -OCH3 is 2. The van der Waals surface area contributed by atoms with Crippen molar-refractivity contribution in [2.75, 3.05) is 57.1 Å². The fraction of sp³-hybridized carbons (Fsp3) is 0.429. The predicted molar refractivity (Wildman–Crippen MR) is 179 cm³/mol. The number of fused-ring (bicyclic) bond motifs is 3. The highest BCUT2D eigenvalue weighted by Crippen LogP contribution is 2.43. The maximum absolute atomic E-state index is 15.7. The van der Waals surface area contributed by atoms with Crippen LogP contribution < -0.4 is 14.5 Å². The van der Waals surface area contributed by atoms with Gasteiger partial charge >= 0.3 is 5.97 Å². The van der Waals surface area contributed by atoms with Gasteiger partial charge in [0.1, 0.15) is 11.6 Å². The zero-order valence-corrected chi connectivity index (χ0v) is 28.2. The summed E-state index contributed by atoms with van der Waals surface area (Å²) in [5.74, 6) is -2.45. The van der Waals surface area contributed by atoms with Crippen LogP contribution in [0.25, 0.3) is 11.1 Å². The molecule has 1 N–H and O–H groups in total. The topological polar surface area (TPSA) is 101 Å². The second kappa shape index (κ2) is 13.0. The summed E-state index contributed by atoms with van der Waals surface area (Å²) in [6.07, 6.45) is 3.07. The number of aromatic carboxylic acids is 1. The van der Waals surface area contributed by atoms with Gasteiger partial charge in [-0.05, 0) is 37.1 Å². The molecule has 1 amide bonds. The fourth-order valence-corrected chi connectivity index (χ4v) is 8.13. The minimum Gasteiger partial charge on any atom is -0.478 e. The van der Waals surface area contributed by atoms with Gasteiger partial charge in [0.15, 0.2) is 12.5 Å². The molecule has 3 saturated heterocycles. The number of carboxylic acids is 1. The van der Waals surface area contributed by atoms with Crippen molar-refractivity contribution in [2.24, 2.45) is 0 Å². The van der Waals surface area contributed by atoms with E-state index in [2.05, 4.69) is 9.80 Å². The number of amides is 1. The van der Waals surface area contributed by atoms with Gasteiger partial charge < -0.3 is 38.8 Å². The van der Waals surface area contributed by atoms with E-state index in [1.807, 2.05) is 6.07 Å². The number of hydrogen-bond acceptors (Lipinski definition) is 8. The van der Waals surface area contributed by atoms with E-state index in [4.69, 9.17) is 42.1 Å². The van der Waals surface area contributed by atoms with E-state index in [-0.39, 0.29) is 52.1 Å². The zero-order valence-electron chi connectivity index (χ0n) is 26.6. The summed E-state index contributed by atoms with van der Waals surface area (Å²) in [5.41, 5.74) is 2.72. The Kier molecular flexibility index (Phi) is 8.93. The van der Waals surface area contributed by atoms with E-state index in [1.165, 1.54) is 4.90 Å². The number of morpholine rings is 1. The number of rotatable bonds is 7. The van der Waals surface area contributed by atoms with Gasteiger partial charge in [-0.25, -0.2) is 9.18 Å². The summed E-state index contributed by atoms with van der Waals surface area (Å²) in [5, 5.41) is 10.4. The number of benzene rings is 3. The first kappa shape index (κ1) is 32.9. The molecule has 4 aliphatic heterocycles. The quantitative estimate of drug-likeness (QED) is 0.279. The molecule has 4 aliphatic rings. The third kappa shape index (κ3) is 5.75. The van der Waals surface area contributed by atoms with Crippen LogP contribution in [0.2, 0.25) is 10.0 Å². The largest absolute Gasteiger partial charge is 0.478 e. The van der Waals surface area contributed by atoms with Crippen molar-refractivity contribution in [2.45, 2.75) is 50.1 Å². The van der Waals surface area contributed by atoms with Gasteiger partial charge in [-0.15, -0.1) is 0 Å². The molecule has 48 heavy (non-hydrogen) atoms. The van der Waals surface area contributed by atoms with Crippen LogP contribution in [-0.4, -0.2) is 87.0 Å². The molecule has 3 aromatic rings. The van der Waals surface area contributed by atoms with E-state index >= 15 is 4.39 Å². The Hall–Kier alpha value is -3.61. The SMILES string of the molecule is COC1(OC)CCN(c2cc(Cl)c(C(=O)N3COc4c(cccc4-c4cc(N5C6CCC5COC6)c(C(=O)O)cc4F)C3)c(Cl)c2)CC1. The lowest BCUT2D eigenvalue weighted by atomic mass is 9.96. The maximum atomic E-state index is 15.7. The Labute approximate surface area is 287 Å². The highest BCUT2D eigenvalue weighted by Gasteiger charge is 2.40. The number of anilines is 2. The molecule has 13 heteroatoms. The van der Waals surface area contributed by atoms with Crippen molar-refractivity contribution in [1.82, 2.24) is 4.90 Å². The maximum Gasteiger partial charge on any atom is 0.337 e. The Bertz CT molecular complexity index is 1720. The molecule has 0 aromatic heterocycles. The molecule has 0 aliphatic carbocycles.